The SMILES string of the molecule is C[C@@H](Oc1cc(-c2cnn(C3CCN(CCCCN4CC(CNc5cccc6c5CN(C5CCC(=O)NC5=O)C6=O)C4)CC3)c2)cnc1N)c1c(Cl)ccc(F)c1Cl. The summed E-state index contributed by atoms with van der Waals surface area (Å²) in [5.41, 5.74) is 10.7. The Kier molecular flexibility index (Phi) is 11.9. The van der Waals surface area contributed by atoms with Crippen molar-refractivity contribution < 1.29 is 23.5 Å². The van der Waals surface area contributed by atoms with Crippen LogP contribution in [0, 0.1) is 11.7 Å². The molecule has 0 aliphatic carbocycles. The van der Waals surface area contributed by atoms with Gasteiger partial charge in [0.15, 0.2) is 11.6 Å². The first-order chi connectivity index (χ1) is 28.0. The fourth-order valence-corrected chi connectivity index (χ4v) is 9.31. The Morgan fingerprint density at radius 1 is 1.02 bits per heavy atom. The van der Waals surface area contributed by atoms with E-state index in [4.69, 9.17) is 38.8 Å². The lowest BCUT2D eigenvalue weighted by atomic mass is 9.99. The van der Waals surface area contributed by atoms with Crippen molar-refractivity contribution in [3.05, 3.63) is 87.5 Å². The molecule has 4 aliphatic rings. The highest BCUT2D eigenvalue weighted by Crippen LogP contribution is 2.38. The van der Waals surface area contributed by atoms with Gasteiger partial charge in [-0.25, -0.2) is 9.37 Å². The smallest absolute Gasteiger partial charge is 0.255 e. The van der Waals surface area contributed by atoms with E-state index in [2.05, 4.69) is 30.1 Å². The van der Waals surface area contributed by atoms with Crippen molar-refractivity contribution in [1.82, 2.24) is 34.8 Å². The predicted molar refractivity (Wildman–Crippen MR) is 220 cm³/mol. The molecule has 306 valence electrons. The van der Waals surface area contributed by atoms with Gasteiger partial charge < -0.3 is 30.5 Å². The number of likely N-dealkylation sites (tertiary alicyclic amines) is 2. The maximum absolute atomic E-state index is 14.1. The van der Waals surface area contributed by atoms with Gasteiger partial charge in [0.1, 0.15) is 18.0 Å². The minimum Gasteiger partial charge on any atom is -0.482 e. The third kappa shape index (κ3) is 8.52. The summed E-state index contributed by atoms with van der Waals surface area (Å²) in [7, 11) is 0. The lowest BCUT2D eigenvalue weighted by Crippen LogP contribution is -2.52. The Balaban J connectivity index is 0.736. The van der Waals surface area contributed by atoms with Crippen LogP contribution in [0.5, 0.6) is 5.75 Å². The molecule has 0 bridgehead atoms. The molecule has 2 atom stereocenters. The van der Waals surface area contributed by atoms with Crippen LogP contribution in [0.4, 0.5) is 15.9 Å². The average Bonchev–Trinajstić information content (AvgIpc) is 3.82. The van der Waals surface area contributed by atoms with Gasteiger partial charge in [-0.05, 0) is 82.4 Å². The summed E-state index contributed by atoms with van der Waals surface area (Å²) in [6.07, 6.45) is 9.88. The molecule has 0 saturated carbocycles. The number of rotatable bonds is 14. The number of anilines is 2. The van der Waals surface area contributed by atoms with E-state index in [1.807, 2.05) is 36.7 Å². The summed E-state index contributed by atoms with van der Waals surface area (Å²) in [5, 5.41) is 10.9. The number of amides is 3. The zero-order chi connectivity index (χ0) is 40.5. The zero-order valence-electron chi connectivity index (χ0n) is 32.4. The molecule has 13 nitrogen and oxygen atoms in total. The quantitative estimate of drug-likeness (QED) is 0.0747. The van der Waals surface area contributed by atoms with E-state index in [0.29, 0.717) is 46.8 Å². The molecule has 3 saturated heterocycles. The number of nitrogen functional groups attached to an aromatic ring is 1. The second kappa shape index (κ2) is 17.2. The molecule has 0 spiro atoms. The van der Waals surface area contributed by atoms with Gasteiger partial charge in [0.2, 0.25) is 11.8 Å². The number of unbranched alkanes of at least 4 members (excludes halogenated alkanes) is 1. The van der Waals surface area contributed by atoms with Crippen LogP contribution in [0.15, 0.2) is 55.0 Å². The number of piperidine rings is 2. The van der Waals surface area contributed by atoms with Gasteiger partial charge >= 0.3 is 0 Å². The van der Waals surface area contributed by atoms with Crippen LogP contribution in [0.25, 0.3) is 11.1 Å². The molecule has 4 N–H and O–H groups in total. The van der Waals surface area contributed by atoms with Gasteiger partial charge in [-0.1, -0.05) is 29.3 Å². The van der Waals surface area contributed by atoms with Crippen LogP contribution in [-0.2, 0) is 16.1 Å². The number of carbonyl (C=O) groups excluding carboxylic acids is 3. The Morgan fingerprint density at radius 2 is 1.79 bits per heavy atom. The van der Waals surface area contributed by atoms with E-state index in [9.17, 15) is 18.8 Å². The van der Waals surface area contributed by atoms with E-state index < -0.39 is 23.9 Å². The Bertz CT molecular complexity index is 2190. The van der Waals surface area contributed by atoms with Gasteiger partial charge in [0.25, 0.3) is 5.91 Å². The monoisotopic (exact) mass is 831 g/mol. The van der Waals surface area contributed by atoms with Gasteiger partial charge in [-0.2, -0.15) is 5.10 Å². The summed E-state index contributed by atoms with van der Waals surface area (Å²) in [4.78, 5) is 48.2. The lowest BCUT2D eigenvalue weighted by Gasteiger charge is -2.40. The molecular formula is C42H48Cl2FN9O4. The highest BCUT2D eigenvalue weighted by atomic mass is 35.5. The van der Waals surface area contributed by atoms with Crippen molar-refractivity contribution in [2.75, 3.05) is 56.9 Å². The first kappa shape index (κ1) is 40.0. The molecule has 6 heterocycles. The zero-order valence-corrected chi connectivity index (χ0v) is 33.9. The second-order valence-electron chi connectivity index (χ2n) is 15.9. The molecule has 0 radical (unpaired) electrons. The van der Waals surface area contributed by atoms with Crippen LogP contribution in [-0.4, -0.2) is 99.0 Å². The van der Waals surface area contributed by atoms with E-state index in [-0.39, 0.29) is 29.1 Å². The van der Waals surface area contributed by atoms with Crippen molar-refractivity contribution >= 4 is 52.4 Å². The number of ether oxygens (including phenoxy) is 1. The predicted octanol–water partition coefficient (Wildman–Crippen LogP) is 6.34. The fraction of sp³-hybridized carbons (Fsp3) is 0.452. The van der Waals surface area contributed by atoms with Crippen molar-refractivity contribution in [2.24, 2.45) is 5.92 Å². The maximum Gasteiger partial charge on any atom is 0.255 e. The standard InChI is InChI=1S/C42H48Cl2FN9O4/c1-25(38-32(43)7-8-33(45)39(38)44)58-36-17-27(19-48-40(36)46)28-20-49-54(23-28)29-11-15-51(16-12-29)13-2-3-14-52-21-26(22-52)18-47-34-6-4-5-30-31(34)24-53(42(30)57)35-9-10-37(55)50-41(35)56/h4-8,17,19-20,23,25-26,29,35,47H,2-3,9-16,18,21-22,24H2,1H3,(H2,46,48)(H,50,55,56)/t25-,35?/m1/s1. The third-order valence-corrected chi connectivity index (χ3v) is 12.6. The van der Waals surface area contributed by atoms with Crippen LogP contribution >= 0.6 is 23.2 Å². The number of imide groups is 1. The minimum absolute atomic E-state index is 0.0839. The molecule has 4 aliphatic heterocycles. The van der Waals surface area contributed by atoms with Crippen LogP contribution in [0.2, 0.25) is 10.0 Å². The van der Waals surface area contributed by atoms with E-state index in [1.165, 1.54) is 12.1 Å². The molecule has 4 aromatic rings. The number of nitrogens with two attached hydrogens (primary N) is 1. The van der Waals surface area contributed by atoms with Crippen LogP contribution in [0.3, 0.4) is 0 Å². The van der Waals surface area contributed by atoms with Crippen molar-refractivity contribution in [3.63, 3.8) is 0 Å². The number of fused-ring (bicyclic) bond motifs is 1. The molecule has 3 fully saturated rings. The summed E-state index contributed by atoms with van der Waals surface area (Å²) >= 11 is 12.5. The summed E-state index contributed by atoms with van der Waals surface area (Å²) < 4.78 is 22.3. The van der Waals surface area contributed by atoms with Gasteiger partial charge in [0.05, 0.1) is 17.3 Å². The molecule has 3 amide bonds. The number of hydrogen-bond acceptors (Lipinski definition) is 10. The molecule has 2 aromatic carbocycles. The Labute approximate surface area is 347 Å². The third-order valence-electron chi connectivity index (χ3n) is 11.9. The highest BCUT2D eigenvalue weighted by Gasteiger charge is 2.40. The summed E-state index contributed by atoms with van der Waals surface area (Å²) in [5.74, 6) is -0.298. The molecule has 8 rings (SSSR count). The lowest BCUT2D eigenvalue weighted by molar-refractivity contribution is -0.136. The molecule has 1 unspecified atom stereocenters. The van der Waals surface area contributed by atoms with Crippen molar-refractivity contribution in [1.29, 1.82) is 0 Å². The maximum atomic E-state index is 14.1. The van der Waals surface area contributed by atoms with Crippen LogP contribution in [0.1, 0.15) is 79.1 Å². The summed E-state index contributed by atoms with van der Waals surface area (Å²) in [6, 6.07) is 9.89. The number of nitrogens with zero attached hydrogens (tertiary/aromatic N) is 6. The van der Waals surface area contributed by atoms with E-state index in [0.717, 1.165) is 93.9 Å². The second-order valence-corrected chi connectivity index (χ2v) is 16.6. The number of carbonyl (C=O) groups is 3. The topological polar surface area (TPSA) is 151 Å². The molecular weight excluding hydrogens is 784 g/mol. The number of halogens is 3. The number of aromatic nitrogens is 3. The summed E-state index contributed by atoms with van der Waals surface area (Å²) in [6.45, 7) is 9.29. The number of pyridine rings is 1. The number of nitrogens with one attached hydrogen (secondary N) is 2. The average molecular weight is 833 g/mol. The largest absolute Gasteiger partial charge is 0.482 e. The van der Waals surface area contributed by atoms with Crippen molar-refractivity contribution in [2.45, 2.75) is 70.2 Å². The molecule has 58 heavy (non-hydrogen) atoms. The van der Waals surface area contributed by atoms with E-state index in [1.54, 1.807) is 18.0 Å². The normalized spacial score (nSPS) is 19.9. The van der Waals surface area contributed by atoms with Crippen molar-refractivity contribution in [3.8, 4) is 16.9 Å². The first-order valence-electron chi connectivity index (χ1n) is 20.1. The van der Waals surface area contributed by atoms with Gasteiger partial charge in [0, 0.05) is 103 Å². The fourth-order valence-electron chi connectivity index (χ4n) is 8.63. The van der Waals surface area contributed by atoms with Gasteiger partial charge in [-0.15, -0.1) is 0 Å². The van der Waals surface area contributed by atoms with E-state index >= 15 is 0 Å². The number of hydrogen-bond donors (Lipinski definition) is 3. The highest BCUT2D eigenvalue weighted by molar-refractivity contribution is 6.36. The number of benzene rings is 2. The van der Waals surface area contributed by atoms with Gasteiger partial charge in [-0.3, -0.25) is 24.4 Å². The minimum atomic E-state index is -0.665. The molecule has 16 heteroatoms. The molecule has 2 aromatic heterocycles. The Morgan fingerprint density at radius 3 is 2.57 bits per heavy atom. The first-order valence-corrected chi connectivity index (χ1v) is 20.8. The Hall–Kier alpha value is -4.76. The van der Waals surface area contributed by atoms with Crippen LogP contribution < -0.4 is 21.1 Å².